The Morgan fingerprint density at radius 1 is 0.279 bits per heavy atom. The molecule has 0 saturated heterocycles. The molecule has 0 bridgehead atoms. The highest BCUT2D eigenvalue weighted by Crippen LogP contribution is 2.57. The van der Waals surface area contributed by atoms with E-state index in [2.05, 4.69) is 240 Å². The first kappa shape index (κ1) is 34.0. The van der Waals surface area contributed by atoms with E-state index < -0.39 is 5.41 Å². The summed E-state index contributed by atoms with van der Waals surface area (Å²) >= 11 is 0. The Hall–Kier alpha value is -7.94. The highest BCUT2D eigenvalue weighted by Gasteiger charge is 2.46. The molecule has 0 fully saturated rings. The van der Waals surface area contributed by atoms with Gasteiger partial charge in [-0.25, -0.2) is 0 Å². The van der Waals surface area contributed by atoms with Gasteiger partial charge in [0.05, 0.1) is 27.5 Å². The summed E-state index contributed by atoms with van der Waals surface area (Å²) in [7, 11) is 0. The van der Waals surface area contributed by atoms with Crippen LogP contribution in [0.2, 0.25) is 0 Å². The fraction of sp³-hybridized carbons (Fsp3) is 0.0169. The summed E-state index contributed by atoms with van der Waals surface area (Å²) in [6.07, 6.45) is 0. The third-order valence-corrected chi connectivity index (χ3v) is 13.4. The average Bonchev–Trinajstić information content (AvgIpc) is 3.94. The summed E-state index contributed by atoms with van der Waals surface area (Å²) in [6, 6.07) is 85.4. The lowest BCUT2D eigenvalue weighted by Crippen LogP contribution is -2.28. The molecule has 1 aliphatic rings. The number of para-hydroxylation sites is 2. The molecule has 0 spiro atoms. The zero-order valence-corrected chi connectivity index (χ0v) is 33.3. The number of hydrogen-bond acceptors (Lipinski definition) is 0. The molecule has 0 atom stereocenters. The number of rotatable bonds is 5. The zero-order valence-electron chi connectivity index (χ0n) is 33.3. The SMILES string of the molecule is c1ccc(-n2c3ccc(-c4ccc5c(c4)c4ccccc4n5-c4ccc5ccccc5c4)cc3c3cc4c(cc32)-c2ccccc2C4(c2ccccc2)c2ccccc2)cc1. The van der Waals surface area contributed by atoms with Crippen LogP contribution in [0, 0.1) is 0 Å². The van der Waals surface area contributed by atoms with Gasteiger partial charge in [-0.15, -0.1) is 0 Å². The van der Waals surface area contributed by atoms with Crippen LogP contribution < -0.4 is 0 Å². The van der Waals surface area contributed by atoms with Gasteiger partial charge in [-0.2, -0.15) is 0 Å². The first-order valence-electron chi connectivity index (χ1n) is 21.2. The average molecular weight is 775 g/mol. The van der Waals surface area contributed by atoms with Crippen LogP contribution in [0.25, 0.3) is 88.0 Å². The largest absolute Gasteiger partial charge is 0.309 e. The minimum Gasteiger partial charge on any atom is -0.309 e. The van der Waals surface area contributed by atoms with Crippen molar-refractivity contribution in [3.63, 3.8) is 0 Å². The number of benzene rings is 10. The molecular formula is C59H38N2. The topological polar surface area (TPSA) is 9.86 Å². The Morgan fingerprint density at radius 2 is 0.820 bits per heavy atom. The molecule has 2 nitrogen and oxygen atoms in total. The normalized spacial score (nSPS) is 13.0. The lowest BCUT2D eigenvalue weighted by Gasteiger charge is -2.34. The lowest BCUT2D eigenvalue weighted by atomic mass is 9.67. The Kier molecular flexibility index (Phi) is 7.26. The first-order chi connectivity index (χ1) is 30.3. The predicted molar refractivity (Wildman–Crippen MR) is 255 cm³/mol. The van der Waals surface area contributed by atoms with Gasteiger partial charge in [-0.1, -0.05) is 164 Å². The highest BCUT2D eigenvalue weighted by atomic mass is 15.0. The van der Waals surface area contributed by atoms with Crippen molar-refractivity contribution in [3.8, 4) is 33.6 Å². The summed E-state index contributed by atoms with van der Waals surface area (Å²) in [5, 5.41) is 7.48. The molecule has 0 N–H and O–H groups in total. The van der Waals surface area contributed by atoms with Gasteiger partial charge in [0, 0.05) is 32.9 Å². The number of fused-ring (bicyclic) bond motifs is 10. The smallest absolute Gasteiger partial charge is 0.0713 e. The molecule has 13 rings (SSSR count). The molecule has 12 aromatic rings. The van der Waals surface area contributed by atoms with E-state index in [0.717, 1.165) is 5.69 Å². The molecule has 2 aromatic heterocycles. The maximum Gasteiger partial charge on any atom is 0.0713 e. The Morgan fingerprint density at radius 3 is 1.54 bits per heavy atom. The van der Waals surface area contributed by atoms with Crippen molar-refractivity contribution in [3.05, 3.63) is 253 Å². The van der Waals surface area contributed by atoms with Crippen molar-refractivity contribution in [2.24, 2.45) is 0 Å². The fourth-order valence-corrected chi connectivity index (χ4v) is 10.7. The molecule has 2 heteroatoms. The quantitative estimate of drug-likeness (QED) is 0.165. The van der Waals surface area contributed by atoms with E-state index >= 15 is 0 Å². The van der Waals surface area contributed by atoms with E-state index in [-0.39, 0.29) is 0 Å². The van der Waals surface area contributed by atoms with Crippen LogP contribution in [0.15, 0.2) is 231 Å². The van der Waals surface area contributed by atoms with Gasteiger partial charge >= 0.3 is 0 Å². The second kappa shape index (κ2) is 13.0. The van der Waals surface area contributed by atoms with E-state index in [1.165, 1.54) is 105 Å². The van der Waals surface area contributed by atoms with E-state index in [1.807, 2.05) is 0 Å². The summed E-state index contributed by atoms with van der Waals surface area (Å²) in [5.74, 6) is 0. The van der Waals surface area contributed by atoms with Gasteiger partial charge in [0.15, 0.2) is 0 Å². The molecule has 0 radical (unpaired) electrons. The number of aromatic nitrogens is 2. The van der Waals surface area contributed by atoms with Crippen LogP contribution in [-0.2, 0) is 5.41 Å². The Labute approximate surface area is 353 Å². The molecule has 61 heavy (non-hydrogen) atoms. The summed E-state index contributed by atoms with van der Waals surface area (Å²) in [5.41, 5.74) is 16.8. The van der Waals surface area contributed by atoms with E-state index in [4.69, 9.17) is 0 Å². The summed E-state index contributed by atoms with van der Waals surface area (Å²) in [4.78, 5) is 0. The second-order valence-electron chi connectivity index (χ2n) is 16.5. The molecule has 0 saturated carbocycles. The van der Waals surface area contributed by atoms with Crippen molar-refractivity contribution >= 4 is 54.4 Å². The zero-order chi connectivity index (χ0) is 40.1. The molecule has 0 amide bonds. The van der Waals surface area contributed by atoms with Gasteiger partial charge in [-0.3, -0.25) is 0 Å². The van der Waals surface area contributed by atoms with Crippen molar-refractivity contribution < 1.29 is 0 Å². The van der Waals surface area contributed by atoms with Crippen LogP contribution in [0.5, 0.6) is 0 Å². The molecule has 0 aliphatic heterocycles. The Bertz CT molecular complexity index is 3650. The molecular weight excluding hydrogens is 737 g/mol. The van der Waals surface area contributed by atoms with Crippen molar-refractivity contribution in [1.82, 2.24) is 9.13 Å². The molecule has 2 heterocycles. The van der Waals surface area contributed by atoms with Crippen molar-refractivity contribution in [2.45, 2.75) is 5.41 Å². The minimum absolute atomic E-state index is 0.480. The first-order valence-corrected chi connectivity index (χ1v) is 21.2. The maximum atomic E-state index is 2.52. The van der Waals surface area contributed by atoms with Crippen LogP contribution in [-0.4, -0.2) is 9.13 Å². The third kappa shape index (κ3) is 4.85. The third-order valence-electron chi connectivity index (χ3n) is 13.4. The van der Waals surface area contributed by atoms with Gasteiger partial charge in [0.1, 0.15) is 0 Å². The number of hydrogen-bond donors (Lipinski definition) is 0. The molecule has 1 aliphatic carbocycles. The molecule has 10 aromatic carbocycles. The van der Waals surface area contributed by atoms with Crippen LogP contribution in [0.4, 0.5) is 0 Å². The fourth-order valence-electron chi connectivity index (χ4n) is 10.7. The predicted octanol–water partition coefficient (Wildman–Crippen LogP) is 15.1. The van der Waals surface area contributed by atoms with Crippen molar-refractivity contribution in [1.29, 1.82) is 0 Å². The van der Waals surface area contributed by atoms with E-state index in [0.29, 0.717) is 0 Å². The molecule has 284 valence electrons. The van der Waals surface area contributed by atoms with E-state index in [9.17, 15) is 0 Å². The number of nitrogens with zero attached hydrogens (tertiary/aromatic N) is 2. The summed E-state index contributed by atoms with van der Waals surface area (Å²) in [6.45, 7) is 0. The van der Waals surface area contributed by atoms with Gasteiger partial charge < -0.3 is 9.13 Å². The molecule has 0 unspecified atom stereocenters. The van der Waals surface area contributed by atoms with Crippen molar-refractivity contribution in [2.75, 3.05) is 0 Å². The Balaban J connectivity index is 1.07. The van der Waals surface area contributed by atoms with Gasteiger partial charge in [0.2, 0.25) is 0 Å². The monoisotopic (exact) mass is 774 g/mol. The van der Waals surface area contributed by atoms with Gasteiger partial charge in [0.25, 0.3) is 0 Å². The lowest BCUT2D eigenvalue weighted by molar-refractivity contribution is 0.769. The van der Waals surface area contributed by atoms with E-state index in [1.54, 1.807) is 0 Å². The van der Waals surface area contributed by atoms with Gasteiger partial charge in [-0.05, 0) is 122 Å². The standard InChI is InChI=1S/C59H38N2/c1-4-18-43(19-5-1)59(44-20-6-2-7-21-44)53-26-14-12-24-47(53)49-38-58-52(37-54(49)59)51-36-42(30-33-57(51)60(58)45-22-8-3-9-23-45)41-29-32-56-50(35-41)48-25-13-15-27-55(48)61(56)46-31-28-39-16-10-11-17-40(39)34-46/h1-38H. The second-order valence-corrected chi connectivity index (χ2v) is 16.5. The van der Waals surface area contributed by atoms with Crippen LogP contribution in [0.1, 0.15) is 22.3 Å². The highest BCUT2D eigenvalue weighted by molar-refractivity contribution is 6.14. The summed E-state index contributed by atoms with van der Waals surface area (Å²) < 4.78 is 4.88. The van der Waals surface area contributed by atoms with Crippen LogP contribution >= 0.6 is 0 Å². The minimum atomic E-state index is -0.480. The van der Waals surface area contributed by atoms with Crippen LogP contribution in [0.3, 0.4) is 0 Å². The maximum absolute atomic E-state index is 2.52.